The number of aryl methyl sites for hydroxylation is 5. The zero-order valence-corrected chi connectivity index (χ0v) is 23.2. The molecule has 41 heavy (non-hydrogen) atoms. The zero-order valence-electron chi connectivity index (χ0n) is 23.2. The van der Waals surface area contributed by atoms with Crippen LogP contribution in [0.2, 0.25) is 0 Å². The van der Waals surface area contributed by atoms with Crippen molar-refractivity contribution in [2.24, 2.45) is 0 Å². The van der Waals surface area contributed by atoms with Gasteiger partial charge in [-0.25, -0.2) is 9.97 Å². The van der Waals surface area contributed by atoms with Crippen molar-refractivity contribution in [3.05, 3.63) is 107 Å². The molecule has 0 atom stereocenters. The largest absolute Gasteiger partial charge is 0.457 e. The smallest absolute Gasteiger partial charge is 0.145 e. The molecule has 7 aromatic rings. The number of aromatic nitrogens is 4. The number of imidazole rings is 2. The van der Waals surface area contributed by atoms with Gasteiger partial charge in [0.25, 0.3) is 0 Å². The number of ether oxygens (including phenoxy) is 1. The number of para-hydroxylation sites is 1. The number of nitrogens with zero attached hydrogens (tertiary/aromatic N) is 4. The Morgan fingerprint density at radius 2 is 1.39 bits per heavy atom. The zero-order chi connectivity index (χ0) is 27.6. The Balaban J connectivity index is 1.24. The molecular weight excluding hydrogens is 504 g/mol. The average molecular weight is 533 g/mol. The van der Waals surface area contributed by atoms with Crippen molar-refractivity contribution in [3.8, 4) is 11.5 Å². The topological polar surface area (TPSA) is 43.8 Å². The summed E-state index contributed by atoms with van der Waals surface area (Å²) in [6, 6.07) is 19.4. The molecule has 198 valence electrons. The minimum Gasteiger partial charge on any atom is -0.457 e. The maximum Gasteiger partial charge on any atom is 0.145 e. The van der Waals surface area contributed by atoms with Gasteiger partial charge < -0.3 is 4.74 Å². The van der Waals surface area contributed by atoms with Crippen molar-refractivity contribution < 1.29 is 4.74 Å². The Morgan fingerprint density at radius 3 is 2.15 bits per heavy atom. The predicted octanol–water partition coefficient (Wildman–Crippen LogP) is 8.55. The van der Waals surface area contributed by atoms with Crippen LogP contribution in [0.15, 0.2) is 67.8 Å². The molecule has 2 aliphatic rings. The molecular formula is C36H28N4O. The molecule has 0 amide bonds. The second-order valence-corrected chi connectivity index (χ2v) is 11.5. The molecule has 5 heteroatoms. The van der Waals surface area contributed by atoms with Crippen molar-refractivity contribution in [2.45, 2.75) is 39.5 Å². The number of pyridine rings is 2. The molecule has 0 saturated carbocycles. The quantitative estimate of drug-likeness (QED) is 0.214. The van der Waals surface area contributed by atoms with Crippen LogP contribution < -0.4 is 4.74 Å². The van der Waals surface area contributed by atoms with Gasteiger partial charge in [0.2, 0.25) is 0 Å². The van der Waals surface area contributed by atoms with E-state index in [0.717, 1.165) is 92.9 Å². The minimum absolute atomic E-state index is 0.778. The third-order valence-corrected chi connectivity index (χ3v) is 9.28. The highest BCUT2D eigenvalue weighted by Gasteiger charge is 2.25. The summed E-state index contributed by atoms with van der Waals surface area (Å²) in [5.41, 5.74) is 12.8. The first-order chi connectivity index (χ1) is 20.0. The molecule has 0 N–H and O–H groups in total. The van der Waals surface area contributed by atoms with E-state index < -0.39 is 0 Å². The van der Waals surface area contributed by atoms with Gasteiger partial charge in [0.15, 0.2) is 0 Å². The molecule has 3 aromatic carbocycles. The summed E-state index contributed by atoms with van der Waals surface area (Å²) in [7, 11) is 0. The highest BCUT2D eigenvalue weighted by atomic mass is 16.5. The van der Waals surface area contributed by atoms with E-state index in [4.69, 9.17) is 14.7 Å². The summed E-state index contributed by atoms with van der Waals surface area (Å²) in [5.74, 6) is 1.57. The summed E-state index contributed by atoms with van der Waals surface area (Å²) in [6.45, 7) is 12.8. The van der Waals surface area contributed by atoms with E-state index in [2.05, 4.69) is 84.3 Å². The summed E-state index contributed by atoms with van der Waals surface area (Å²) < 4.78 is 11.2. The highest BCUT2D eigenvalue weighted by Crippen LogP contribution is 2.41. The van der Waals surface area contributed by atoms with E-state index in [0.29, 0.717) is 0 Å². The molecule has 0 fully saturated rings. The lowest BCUT2D eigenvalue weighted by molar-refractivity contribution is 0.484. The third kappa shape index (κ3) is 2.90. The second-order valence-electron chi connectivity index (χ2n) is 11.5. The van der Waals surface area contributed by atoms with Gasteiger partial charge in [-0.05, 0) is 97.8 Å². The lowest BCUT2D eigenvalue weighted by Crippen LogP contribution is -2.10. The Kier molecular flexibility index (Phi) is 4.38. The standard InChI is InChI=1S/C36H28N4O/c1-5-25-26-13-11-23(17-29(26)35-37-20(3)31-15-9-19(2)33(25)39(31)35)41-24-12-14-27-28-8-6-7-22-10-16-32-21(4)38-36(30(27)18-24)40(32)34(22)28/h5-8,11-14,17-18H,1-2,9-10,15-16H2,3-4H3. The number of hydrogen-bond acceptors (Lipinski definition) is 3. The molecule has 2 aliphatic heterocycles. The molecule has 0 bridgehead atoms. The van der Waals surface area contributed by atoms with Crippen molar-refractivity contribution in [3.63, 3.8) is 0 Å². The van der Waals surface area contributed by atoms with Crippen molar-refractivity contribution in [2.75, 3.05) is 0 Å². The number of benzene rings is 3. The van der Waals surface area contributed by atoms with Crippen LogP contribution >= 0.6 is 0 Å². The van der Waals surface area contributed by atoms with E-state index in [1.54, 1.807) is 0 Å². The van der Waals surface area contributed by atoms with Gasteiger partial charge in [0, 0.05) is 33.1 Å². The van der Waals surface area contributed by atoms with Gasteiger partial charge >= 0.3 is 0 Å². The van der Waals surface area contributed by atoms with Gasteiger partial charge in [-0.1, -0.05) is 37.4 Å². The first kappa shape index (κ1) is 22.9. The molecule has 4 aromatic heterocycles. The van der Waals surface area contributed by atoms with Crippen LogP contribution in [0.5, 0.6) is 11.5 Å². The van der Waals surface area contributed by atoms with Gasteiger partial charge in [-0.2, -0.15) is 0 Å². The number of rotatable bonds is 3. The summed E-state index contributed by atoms with van der Waals surface area (Å²) in [4.78, 5) is 10.1. The fraction of sp³-hybridized carbons (Fsp3) is 0.167. The number of allylic oxidation sites excluding steroid dienone is 1. The van der Waals surface area contributed by atoms with Crippen molar-refractivity contribution in [1.82, 2.24) is 18.8 Å². The maximum atomic E-state index is 6.56. The third-order valence-electron chi connectivity index (χ3n) is 9.28. The lowest BCUT2D eigenvalue weighted by atomic mass is 9.94. The van der Waals surface area contributed by atoms with E-state index in [1.807, 2.05) is 12.1 Å². The van der Waals surface area contributed by atoms with Crippen LogP contribution in [-0.4, -0.2) is 18.8 Å². The van der Waals surface area contributed by atoms with Crippen LogP contribution in [0.3, 0.4) is 0 Å². The Labute approximate surface area is 237 Å². The van der Waals surface area contributed by atoms with E-state index >= 15 is 0 Å². The summed E-state index contributed by atoms with van der Waals surface area (Å²) in [5, 5.41) is 5.76. The maximum absolute atomic E-state index is 6.56. The lowest BCUT2D eigenvalue weighted by Gasteiger charge is -2.22. The molecule has 0 radical (unpaired) electrons. The first-order valence-corrected chi connectivity index (χ1v) is 14.3. The van der Waals surface area contributed by atoms with Crippen LogP contribution in [0.4, 0.5) is 0 Å². The monoisotopic (exact) mass is 532 g/mol. The fourth-order valence-corrected chi connectivity index (χ4v) is 7.42. The molecule has 0 saturated heterocycles. The van der Waals surface area contributed by atoms with Crippen LogP contribution in [0, 0.1) is 13.8 Å². The SMILES string of the molecule is C=Cc1c2n3c(c(C)nc3c3cc(Oc4ccc5c(c4)c4nc(C)c6n4c4c(cccc54)CC6)ccc13)CCC2=C. The first-order valence-electron chi connectivity index (χ1n) is 14.3. The van der Waals surface area contributed by atoms with E-state index in [-0.39, 0.29) is 0 Å². The Morgan fingerprint density at radius 1 is 0.732 bits per heavy atom. The molecule has 0 aliphatic carbocycles. The molecule has 0 unspecified atom stereocenters. The molecule has 9 rings (SSSR count). The van der Waals surface area contributed by atoms with Gasteiger partial charge in [0.05, 0.1) is 22.6 Å². The number of hydrogen-bond donors (Lipinski definition) is 0. The summed E-state index contributed by atoms with van der Waals surface area (Å²) in [6.07, 6.45) is 5.92. The van der Waals surface area contributed by atoms with Crippen LogP contribution in [0.1, 0.15) is 46.0 Å². The number of fused-ring (bicyclic) bond motifs is 5. The molecule has 6 heterocycles. The second kappa shape index (κ2) is 7.85. The fourth-order valence-electron chi connectivity index (χ4n) is 7.42. The minimum atomic E-state index is 0.778. The predicted molar refractivity (Wildman–Crippen MR) is 167 cm³/mol. The van der Waals surface area contributed by atoms with E-state index in [9.17, 15) is 0 Å². The molecule has 5 nitrogen and oxygen atoms in total. The highest BCUT2D eigenvalue weighted by molar-refractivity contribution is 6.13. The van der Waals surface area contributed by atoms with E-state index in [1.165, 1.54) is 33.2 Å². The van der Waals surface area contributed by atoms with Crippen LogP contribution in [-0.2, 0) is 19.3 Å². The van der Waals surface area contributed by atoms with Crippen molar-refractivity contribution >= 4 is 55.4 Å². The normalized spacial score (nSPS) is 14.3. The average Bonchev–Trinajstić information content (AvgIpc) is 3.51. The van der Waals surface area contributed by atoms with Gasteiger partial charge in [0.1, 0.15) is 22.8 Å². The Hall–Kier alpha value is -4.90. The Bertz CT molecular complexity index is 2350. The summed E-state index contributed by atoms with van der Waals surface area (Å²) >= 11 is 0. The van der Waals surface area contributed by atoms with Gasteiger partial charge in [-0.3, -0.25) is 8.80 Å². The van der Waals surface area contributed by atoms with Gasteiger partial charge in [-0.15, -0.1) is 0 Å². The van der Waals surface area contributed by atoms with Crippen LogP contribution in [0.25, 0.3) is 55.4 Å². The van der Waals surface area contributed by atoms with Crippen molar-refractivity contribution in [1.29, 1.82) is 0 Å². The molecule has 0 spiro atoms.